The van der Waals surface area contributed by atoms with Crippen LogP contribution in [-0.2, 0) is 6.42 Å². The maximum Gasteiger partial charge on any atom is 0.142 e. The zero-order chi connectivity index (χ0) is 13.8. The number of ether oxygens (including phenoxy) is 1. The summed E-state index contributed by atoms with van der Waals surface area (Å²) in [6, 6.07) is 6.47. The van der Waals surface area contributed by atoms with Crippen molar-refractivity contribution in [3.63, 3.8) is 0 Å². The van der Waals surface area contributed by atoms with E-state index >= 15 is 0 Å². The van der Waals surface area contributed by atoms with Crippen LogP contribution in [0.1, 0.15) is 40.2 Å². The average molecular weight is 250 g/mol. The van der Waals surface area contributed by atoms with Crippen molar-refractivity contribution in [2.24, 2.45) is 0 Å². The molecule has 0 saturated carbocycles. The first-order chi connectivity index (χ1) is 8.31. The topological polar surface area (TPSA) is 47.3 Å². The quantitative estimate of drug-likeness (QED) is 0.790. The number of nitrogens with two attached hydrogens (primary N) is 1. The summed E-state index contributed by atoms with van der Waals surface area (Å²) in [4.78, 5) is 0. The van der Waals surface area contributed by atoms with Crippen LogP contribution in [-0.4, -0.2) is 18.2 Å². The molecule has 3 nitrogen and oxygen atoms in total. The maximum absolute atomic E-state index is 5.96. The Labute approximate surface area is 111 Å². The van der Waals surface area contributed by atoms with E-state index in [0.717, 1.165) is 17.9 Å². The van der Waals surface area contributed by atoms with Crippen LogP contribution in [0.3, 0.4) is 0 Å². The van der Waals surface area contributed by atoms with E-state index in [4.69, 9.17) is 10.5 Å². The first kappa shape index (κ1) is 14.8. The minimum atomic E-state index is 0.135. The van der Waals surface area contributed by atoms with E-state index in [0.29, 0.717) is 12.6 Å². The number of rotatable bonds is 5. The van der Waals surface area contributed by atoms with Gasteiger partial charge < -0.3 is 15.8 Å². The highest BCUT2D eigenvalue weighted by atomic mass is 16.5. The van der Waals surface area contributed by atoms with Crippen LogP contribution in [0.25, 0.3) is 0 Å². The fourth-order valence-corrected chi connectivity index (χ4v) is 2.16. The standard InChI is InChI=1S/C15H26N2O/c1-6-18-14-8-7-12(10-13(14)16)9-11(2)17-15(3,4)5/h7-8,10-11,17H,6,9,16H2,1-5H3. The first-order valence-corrected chi connectivity index (χ1v) is 6.60. The molecule has 0 fully saturated rings. The Morgan fingerprint density at radius 2 is 2.00 bits per heavy atom. The van der Waals surface area contributed by atoms with Crippen LogP contribution < -0.4 is 15.8 Å². The molecule has 0 aromatic heterocycles. The molecule has 0 amide bonds. The van der Waals surface area contributed by atoms with E-state index in [1.54, 1.807) is 0 Å². The van der Waals surface area contributed by atoms with Crippen molar-refractivity contribution >= 4 is 5.69 Å². The predicted molar refractivity (Wildman–Crippen MR) is 78.1 cm³/mol. The molecule has 3 N–H and O–H groups in total. The van der Waals surface area contributed by atoms with E-state index in [1.165, 1.54) is 5.56 Å². The Bertz CT molecular complexity index is 383. The third-order valence-electron chi connectivity index (χ3n) is 2.60. The Morgan fingerprint density at radius 1 is 1.33 bits per heavy atom. The van der Waals surface area contributed by atoms with Gasteiger partial charge in [0.25, 0.3) is 0 Å². The summed E-state index contributed by atoms with van der Waals surface area (Å²) in [5, 5.41) is 3.55. The van der Waals surface area contributed by atoms with Crippen molar-refractivity contribution in [3.05, 3.63) is 23.8 Å². The molecule has 0 saturated heterocycles. The van der Waals surface area contributed by atoms with Crippen molar-refractivity contribution in [1.29, 1.82) is 0 Å². The van der Waals surface area contributed by atoms with Crippen LogP contribution >= 0.6 is 0 Å². The zero-order valence-corrected chi connectivity index (χ0v) is 12.2. The Morgan fingerprint density at radius 3 is 2.50 bits per heavy atom. The second kappa shape index (κ2) is 6.10. The lowest BCUT2D eigenvalue weighted by atomic mass is 10.0. The summed E-state index contributed by atoms with van der Waals surface area (Å²) < 4.78 is 5.44. The fourth-order valence-electron chi connectivity index (χ4n) is 2.16. The van der Waals surface area contributed by atoms with Crippen LogP contribution in [0.5, 0.6) is 5.75 Å². The molecule has 0 radical (unpaired) electrons. The van der Waals surface area contributed by atoms with Crippen molar-refractivity contribution < 1.29 is 4.74 Å². The summed E-state index contributed by atoms with van der Waals surface area (Å²) in [6.45, 7) is 11.3. The van der Waals surface area contributed by atoms with Gasteiger partial charge in [-0.1, -0.05) is 6.07 Å². The molecule has 0 aliphatic rings. The van der Waals surface area contributed by atoms with Crippen LogP contribution in [0.15, 0.2) is 18.2 Å². The lowest BCUT2D eigenvalue weighted by Crippen LogP contribution is -2.43. The lowest BCUT2D eigenvalue weighted by molar-refractivity contribution is 0.341. The zero-order valence-electron chi connectivity index (χ0n) is 12.2. The lowest BCUT2D eigenvalue weighted by Gasteiger charge is -2.26. The monoisotopic (exact) mass is 250 g/mol. The highest BCUT2D eigenvalue weighted by molar-refractivity contribution is 5.54. The summed E-state index contributed by atoms with van der Waals surface area (Å²) in [7, 11) is 0. The number of hydrogen-bond acceptors (Lipinski definition) is 3. The van der Waals surface area contributed by atoms with E-state index in [2.05, 4.69) is 39.1 Å². The fraction of sp³-hybridized carbons (Fsp3) is 0.600. The number of anilines is 1. The molecule has 0 spiro atoms. The van der Waals surface area contributed by atoms with Gasteiger partial charge >= 0.3 is 0 Å². The first-order valence-electron chi connectivity index (χ1n) is 6.60. The molecule has 3 heteroatoms. The maximum atomic E-state index is 5.96. The molecule has 1 atom stereocenters. The van der Waals surface area contributed by atoms with E-state index < -0.39 is 0 Å². The summed E-state index contributed by atoms with van der Waals surface area (Å²) in [6.07, 6.45) is 0.966. The SMILES string of the molecule is CCOc1ccc(CC(C)NC(C)(C)C)cc1N. The molecule has 0 aliphatic carbocycles. The molecule has 1 aromatic carbocycles. The average Bonchev–Trinajstić information content (AvgIpc) is 2.19. The van der Waals surface area contributed by atoms with Gasteiger partial charge in [-0.05, 0) is 58.7 Å². The van der Waals surface area contributed by atoms with E-state index in [9.17, 15) is 0 Å². The van der Waals surface area contributed by atoms with Crippen LogP contribution in [0.4, 0.5) is 5.69 Å². The van der Waals surface area contributed by atoms with Gasteiger partial charge in [0.1, 0.15) is 5.75 Å². The Balaban J connectivity index is 2.65. The Kier molecular flexibility index (Phi) is 5.03. The van der Waals surface area contributed by atoms with Crippen LogP contribution in [0, 0.1) is 0 Å². The molecule has 0 heterocycles. The molecule has 1 rings (SSSR count). The van der Waals surface area contributed by atoms with Crippen LogP contribution in [0.2, 0.25) is 0 Å². The molecule has 1 aromatic rings. The van der Waals surface area contributed by atoms with Gasteiger partial charge in [-0.2, -0.15) is 0 Å². The van der Waals surface area contributed by atoms with Gasteiger partial charge in [0, 0.05) is 11.6 Å². The molecular weight excluding hydrogens is 224 g/mol. The van der Waals surface area contributed by atoms with Crippen molar-refractivity contribution in [2.45, 2.75) is 52.6 Å². The highest BCUT2D eigenvalue weighted by Crippen LogP contribution is 2.23. The van der Waals surface area contributed by atoms with Gasteiger partial charge in [0.05, 0.1) is 12.3 Å². The molecule has 18 heavy (non-hydrogen) atoms. The Hall–Kier alpha value is -1.22. The van der Waals surface area contributed by atoms with Gasteiger partial charge in [0.15, 0.2) is 0 Å². The summed E-state index contributed by atoms with van der Waals surface area (Å²) in [5.74, 6) is 0.776. The van der Waals surface area contributed by atoms with E-state index in [-0.39, 0.29) is 5.54 Å². The second-order valence-electron chi connectivity index (χ2n) is 5.80. The summed E-state index contributed by atoms with van der Waals surface area (Å²) >= 11 is 0. The van der Waals surface area contributed by atoms with E-state index in [1.807, 2.05) is 19.1 Å². The largest absolute Gasteiger partial charge is 0.492 e. The molecule has 0 bridgehead atoms. The van der Waals surface area contributed by atoms with Gasteiger partial charge in [-0.25, -0.2) is 0 Å². The smallest absolute Gasteiger partial charge is 0.142 e. The third kappa shape index (κ3) is 4.96. The van der Waals surface area contributed by atoms with Gasteiger partial charge in [0.2, 0.25) is 0 Å². The number of hydrogen-bond donors (Lipinski definition) is 2. The van der Waals surface area contributed by atoms with Crippen molar-refractivity contribution in [3.8, 4) is 5.75 Å². The van der Waals surface area contributed by atoms with Crippen molar-refractivity contribution in [2.75, 3.05) is 12.3 Å². The minimum Gasteiger partial charge on any atom is -0.492 e. The summed E-state index contributed by atoms with van der Waals surface area (Å²) in [5.41, 5.74) is 8.06. The minimum absolute atomic E-state index is 0.135. The van der Waals surface area contributed by atoms with Crippen molar-refractivity contribution in [1.82, 2.24) is 5.32 Å². The normalized spacial score (nSPS) is 13.4. The molecular formula is C15H26N2O. The second-order valence-corrected chi connectivity index (χ2v) is 5.80. The molecule has 0 aliphatic heterocycles. The third-order valence-corrected chi connectivity index (χ3v) is 2.60. The molecule has 1 unspecified atom stereocenters. The number of nitrogen functional groups attached to an aromatic ring is 1. The van der Waals surface area contributed by atoms with Gasteiger partial charge in [-0.3, -0.25) is 0 Å². The number of nitrogens with one attached hydrogen (secondary N) is 1. The molecule has 102 valence electrons. The predicted octanol–water partition coefficient (Wildman–Crippen LogP) is 2.99. The highest BCUT2D eigenvalue weighted by Gasteiger charge is 2.14. The van der Waals surface area contributed by atoms with Gasteiger partial charge in [-0.15, -0.1) is 0 Å². The number of benzene rings is 1.